The Kier molecular flexibility index (Phi) is 4.21. The summed E-state index contributed by atoms with van der Waals surface area (Å²) in [7, 11) is 0. The lowest BCUT2D eigenvalue weighted by Gasteiger charge is -2.37. The van der Waals surface area contributed by atoms with Crippen molar-refractivity contribution in [1.82, 2.24) is 4.98 Å². The summed E-state index contributed by atoms with van der Waals surface area (Å²) in [5, 5.41) is 0. The highest BCUT2D eigenvalue weighted by atomic mass is 14.8. The topological polar surface area (TPSA) is 12.9 Å². The van der Waals surface area contributed by atoms with Gasteiger partial charge in [0.2, 0.25) is 0 Å². The first kappa shape index (κ1) is 19.5. The lowest BCUT2D eigenvalue weighted by Crippen LogP contribution is -2.34. The van der Waals surface area contributed by atoms with E-state index in [4.69, 9.17) is 4.98 Å². The van der Waals surface area contributed by atoms with Crippen LogP contribution in [0.4, 0.5) is 0 Å². The van der Waals surface area contributed by atoms with E-state index in [2.05, 4.69) is 112 Å². The van der Waals surface area contributed by atoms with E-state index in [9.17, 15) is 0 Å². The summed E-state index contributed by atoms with van der Waals surface area (Å²) < 4.78 is 0. The van der Waals surface area contributed by atoms with Gasteiger partial charge in [0.15, 0.2) is 0 Å². The highest BCUT2D eigenvalue weighted by Gasteiger charge is 2.58. The first-order chi connectivity index (χ1) is 15.5. The van der Waals surface area contributed by atoms with Crippen LogP contribution in [0.1, 0.15) is 43.6 Å². The summed E-state index contributed by atoms with van der Waals surface area (Å²) in [6, 6.07) is 26.0. The Balaban J connectivity index is 1.37. The SMILES string of the molecule is Cc1nc(C(C)(C)C23C=CC(c4ccccc4)=C(C4CC4)C2=C3)ccc1-c1ccccc1. The predicted molar refractivity (Wildman–Crippen MR) is 133 cm³/mol. The summed E-state index contributed by atoms with van der Waals surface area (Å²) in [5.41, 5.74) is 10.5. The van der Waals surface area contributed by atoms with Crippen molar-refractivity contribution < 1.29 is 0 Å². The fourth-order valence-corrected chi connectivity index (χ4v) is 5.53. The average Bonchev–Trinajstić information content (AvgIpc) is 3.74. The molecule has 3 aliphatic rings. The van der Waals surface area contributed by atoms with Gasteiger partial charge in [0.1, 0.15) is 0 Å². The number of rotatable bonds is 5. The Labute approximate surface area is 191 Å². The zero-order chi connectivity index (χ0) is 21.9. The van der Waals surface area contributed by atoms with Gasteiger partial charge in [-0.15, -0.1) is 0 Å². The number of hydrogen-bond donors (Lipinski definition) is 0. The molecule has 1 nitrogen and oxygen atoms in total. The summed E-state index contributed by atoms with van der Waals surface area (Å²) >= 11 is 0. The molecule has 1 heterocycles. The van der Waals surface area contributed by atoms with Crippen LogP contribution < -0.4 is 0 Å². The standard InChI is InChI=1S/C31H29N/c1-21-25(22-10-6-4-7-11-22)16-17-28(32-21)30(2,3)31-19-18-26(23-12-8-5-9-13-23)29(24-14-15-24)27(31)20-31/h4-13,16-20,24H,14-15H2,1-3H3. The molecule has 6 rings (SSSR count). The van der Waals surface area contributed by atoms with Gasteiger partial charge in [-0.05, 0) is 59.6 Å². The van der Waals surface area contributed by atoms with E-state index < -0.39 is 0 Å². The molecule has 1 heteroatoms. The van der Waals surface area contributed by atoms with Crippen molar-refractivity contribution in [2.45, 2.75) is 39.0 Å². The van der Waals surface area contributed by atoms with Gasteiger partial charge in [-0.2, -0.15) is 0 Å². The minimum Gasteiger partial charge on any atom is -0.257 e. The van der Waals surface area contributed by atoms with E-state index in [1.54, 1.807) is 5.57 Å². The summed E-state index contributed by atoms with van der Waals surface area (Å²) in [6.07, 6.45) is 9.98. The van der Waals surface area contributed by atoms with Crippen LogP contribution >= 0.6 is 0 Å². The first-order valence-electron chi connectivity index (χ1n) is 11.8. The van der Waals surface area contributed by atoms with Crippen LogP contribution in [0, 0.1) is 18.3 Å². The molecule has 0 aliphatic heterocycles. The quantitative estimate of drug-likeness (QED) is 0.416. The fraction of sp³-hybridized carbons (Fsp3) is 0.258. The Morgan fingerprint density at radius 1 is 0.844 bits per heavy atom. The molecule has 0 radical (unpaired) electrons. The maximum atomic E-state index is 5.15. The summed E-state index contributed by atoms with van der Waals surface area (Å²) in [4.78, 5) is 5.15. The highest BCUT2D eigenvalue weighted by molar-refractivity contribution is 5.87. The number of nitrogens with zero attached hydrogens (tertiary/aromatic N) is 1. The molecular weight excluding hydrogens is 386 g/mol. The van der Waals surface area contributed by atoms with Crippen LogP contribution in [-0.4, -0.2) is 4.98 Å². The maximum absolute atomic E-state index is 5.15. The molecule has 1 aromatic heterocycles. The Bertz CT molecular complexity index is 1290. The monoisotopic (exact) mass is 415 g/mol. The van der Waals surface area contributed by atoms with Gasteiger partial charge in [0.05, 0.1) is 0 Å². The molecule has 0 amide bonds. The number of fused-ring (bicyclic) bond motifs is 1. The van der Waals surface area contributed by atoms with Gasteiger partial charge in [0.25, 0.3) is 0 Å². The van der Waals surface area contributed by atoms with Crippen molar-refractivity contribution in [2.75, 3.05) is 0 Å². The normalized spacial score (nSPS) is 21.9. The number of benzene rings is 2. The third kappa shape index (κ3) is 2.88. The molecule has 1 saturated carbocycles. The van der Waals surface area contributed by atoms with Gasteiger partial charge in [-0.3, -0.25) is 4.98 Å². The van der Waals surface area contributed by atoms with Crippen LogP contribution in [-0.2, 0) is 5.41 Å². The molecule has 3 aromatic rings. The zero-order valence-electron chi connectivity index (χ0n) is 19.1. The molecule has 0 saturated heterocycles. The van der Waals surface area contributed by atoms with Gasteiger partial charge >= 0.3 is 0 Å². The Morgan fingerprint density at radius 2 is 1.50 bits per heavy atom. The number of allylic oxidation sites excluding steroid dienone is 6. The van der Waals surface area contributed by atoms with Crippen molar-refractivity contribution in [2.24, 2.45) is 11.3 Å². The average molecular weight is 416 g/mol. The lowest BCUT2D eigenvalue weighted by atomic mass is 9.66. The van der Waals surface area contributed by atoms with E-state index in [0.29, 0.717) is 5.92 Å². The molecule has 1 unspecified atom stereocenters. The van der Waals surface area contributed by atoms with Crippen LogP contribution in [0.3, 0.4) is 0 Å². The summed E-state index contributed by atoms with van der Waals surface area (Å²) in [5.74, 6) is 0.717. The lowest BCUT2D eigenvalue weighted by molar-refractivity contribution is 0.373. The molecular formula is C31H29N. The zero-order valence-corrected chi connectivity index (χ0v) is 19.1. The molecule has 0 spiro atoms. The smallest absolute Gasteiger partial charge is 0.0478 e. The second-order valence-corrected chi connectivity index (χ2v) is 10.0. The van der Waals surface area contributed by atoms with E-state index in [1.807, 2.05) is 0 Å². The minimum absolute atomic E-state index is 0.0170. The molecule has 2 aromatic carbocycles. The fourth-order valence-electron chi connectivity index (χ4n) is 5.53. The van der Waals surface area contributed by atoms with Crippen LogP contribution in [0.2, 0.25) is 0 Å². The van der Waals surface area contributed by atoms with Crippen molar-refractivity contribution in [3.05, 3.63) is 119 Å². The van der Waals surface area contributed by atoms with Crippen molar-refractivity contribution in [1.29, 1.82) is 0 Å². The van der Waals surface area contributed by atoms with Crippen LogP contribution in [0.15, 0.2) is 102 Å². The number of aryl methyl sites for hydroxylation is 1. The molecule has 3 aliphatic carbocycles. The molecule has 1 atom stereocenters. The maximum Gasteiger partial charge on any atom is 0.0478 e. The first-order valence-corrected chi connectivity index (χ1v) is 11.8. The Hall–Kier alpha value is -3.19. The summed E-state index contributed by atoms with van der Waals surface area (Å²) in [6.45, 7) is 6.87. The largest absolute Gasteiger partial charge is 0.257 e. The molecule has 0 bridgehead atoms. The van der Waals surface area contributed by atoms with Crippen molar-refractivity contribution in [3.8, 4) is 11.1 Å². The number of hydrogen-bond acceptors (Lipinski definition) is 1. The van der Waals surface area contributed by atoms with E-state index in [1.165, 1.54) is 46.4 Å². The number of aromatic nitrogens is 1. The predicted octanol–water partition coefficient (Wildman–Crippen LogP) is 7.69. The third-order valence-corrected chi connectivity index (χ3v) is 7.74. The van der Waals surface area contributed by atoms with E-state index >= 15 is 0 Å². The van der Waals surface area contributed by atoms with Crippen LogP contribution in [0.5, 0.6) is 0 Å². The molecule has 0 N–H and O–H groups in total. The van der Waals surface area contributed by atoms with E-state index in [0.717, 1.165) is 5.69 Å². The minimum atomic E-state index is -0.0961. The number of pyridine rings is 1. The highest BCUT2D eigenvalue weighted by Crippen LogP contribution is 2.67. The van der Waals surface area contributed by atoms with Gasteiger partial charge in [-0.1, -0.05) is 98.8 Å². The molecule has 158 valence electrons. The van der Waals surface area contributed by atoms with Crippen molar-refractivity contribution >= 4 is 5.57 Å². The van der Waals surface area contributed by atoms with Gasteiger partial charge < -0.3 is 0 Å². The van der Waals surface area contributed by atoms with Crippen LogP contribution in [0.25, 0.3) is 16.7 Å². The second-order valence-electron chi connectivity index (χ2n) is 10.0. The second kappa shape index (κ2) is 6.90. The van der Waals surface area contributed by atoms with Crippen molar-refractivity contribution in [3.63, 3.8) is 0 Å². The third-order valence-electron chi connectivity index (χ3n) is 7.74. The molecule has 32 heavy (non-hydrogen) atoms. The van der Waals surface area contributed by atoms with Gasteiger partial charge in [0, 0.05) is 27.8 Å². The van der Waals surface area contributed by atoms with Gasteiger partial charge in [-0.25, -0.2) is 0 Å². The van der Waals surface area contributed by atoms with E-state index in [-0.39, 0.29) is 10.8 Å². The molecule has 1 fully saturated rings. The Morgan fingerprint density at radius 3 is 2.12 bits per heavy atom.